The van der Waals surface area contributed by atoms with Crippen LogP contribution in [0.5, 0.6) is 0 Å². The minimum atomic E-state index is -1.44. The lowest BCUT2D eigenvalue weighted by Gasteiger charge is -2.24. The van der Waals surface area contributed by atoms with E-state index in [0.29, 0.717) is 0 Å². The summed E-state index contributed by atoms with van der Waals surface area (Å²) in [7, 11) is 0. The number of aliphatic carboxylic acids is 1. The lowest BCUT2D eigenvalue weighted by atomic mass is 10.1. The lowest BCUT2D eigenvalue weighted by molar-refractivity contribution is -0.143. The SMILES string of the molecule is C[C@@H](O)[C@H](NC(=O)[C@@H](N)CCC(N)=O)C(=O)N[C@@H](CCCN=C(N)N)C(=O)O. The number of amides is 3. The van der Waals surface area contributed by atoms with E-state index < -0.39 is 47.9 Å². The van der Waals surface area contributed by atoms with E-state index in [2.05, 4.69) is 15.6 Å². The predicted octanol–water partition coefficient (Wildman–Crippen LogP) is -3.93. The molecule has 0 rings (SSSR count). The molecule has 0 aromatic rings. The average Bonchev–Trinajstić information content (AvgIpc) is 2.58. The van der Waals surface area contributed by atoms with Crippen LogP contribution in [0.4, 0.5) is 0 Å². The summed E-state index contributed by atoms with van der Waals surface area (Å²) in [4.78, 5) is 50.1. The highest BCUT2D eigenvalue weighted by Crippen LogP contribution is 2.03. The zero-order valence-corrected chi connectivity index (χ0v) is 15.6. The molecular formula is C15H29N7O6. The van der Waals surface area contributed by atoms with E-state index in [0.717, 1.165) is 0 Å². The van der Waals surface area contributed by atoms with Gasteiger partial charge in [0.05, 0.1) is 12.1 Å². The minimum absolute atomic E-state index is 0.0243. The zero-order valence-electron chi connectivity index (χ0n) is 15.6. The van der Waals surface area contributed by atoms with Gasteiger partial charge in [-0.1, -0.05) is 0 Å². The van der Waals surface area contributed by atoms with E-state index >= 15 is 0 Å². The van der Waals surface area contributed by atoms with Gasteiger partial charge in [-0.15, -0.1) is 0 Å². The van der Waals surface area contributed by atoms with Gasteiger partial charge < -0.3 is 43.8 Å². The van der Waals surface area contributed by atoms with Crippen molar-refractivity contribution in [3.63, 3.8) is 0 Å². The Balaban J connectivity index is 4.88. The largest absolute Gasteiger partial charge is 0.480 e. The van der Waals surface area contributed by atoms with Gasteiger partial charge in [0.1, 0.15) is 12.1 Å². The number of nitrogens with zero attached hydrogens (tertiary/aromatic N) is 1. The normalized spacial score (nSPS) is 14.8. The number of rotatable bonds is 13. The maximum absolute atomic E-state index is 12.3. The Bertz CT molecular complexity index is 591. The molecule has 13 nitrogen and oxygen atoms in total. The van der Waals surface area contributed by atoms with Crippen molar-refractivity contribution in [2.45, 2.75) is 56.8 Å². The van der Waals surface area contributed by atoms with Crippen LogP contribution in [0, 0.1) is 0 Å². The molecule has 0 unspecified atom stereocenters. The monoisotopic (exact) mass is 403 g/mol. The molecule has 0 aliphatic rings. The van der Waals surface area contributed by atoms with Gasteiger partial charge in [0.25, 0.3) is 0 Å². The van der Waals surface area contributed by atoms with E-state index in [4.69, 9.17) is 22.9 Å². The molecular weight excluding hydrogens is 374 g/mol. The van der Waals surface area contributed by atoms with Crippen molar-refractivity contribution in [2.75, 3.05) is 6.54 Å². The third kappa shape index (κ3) is 10.3. The first-order chi connectivity index (χ1) is 13.0. The minimum Gasteiger partial charge on any atom is -0.480 e. The van der Waals surface area contributed by atoms with E-state index in [1.54, 1.807) is 0 Å². The van der Waals surface area contributed by atoms with Crippen LogP contribution in [0.15, 0.2) is 4.99 Å². The van der Waals surface area contributed by atoms with Gasteiger partial charge in [-0.05, 0) is 26.2 Å². The van der Waals surface area contributed by atoms with Crippen LogP contribution in [0.3, 0.4) is 0 Å². The molecule has 0 aliphatic heterocycles. The molecule has 0 bridgehead atoms. The molecule has 160 valence electrons. The van der Waals surface area contributed by atoms with Gasteiger partial charge >= 0.3 is 5.97 Å². The Morgan fingerprint density at radius 2 is 1.64 bits per heavy atom. The summed E-state index contributed by atoms with van der Waals surface area (Å²) in [6, 6.07) is -3.84. The highest BCUT2D eigenvalue weighted by molar-refractivity contribution is 5.92. The van der Waals surface area contributed by atoms with Gasteiger partial charge in [0.2, 0.25) is 17.7 Å². The van der Waals surface area contributed by atoms with Crippen LogP contribution in [0.25, 0.3) is 0 Å². The quantitative estimate of drug-likeness (QED) is 0.0847. The van der Waals surface area contributed by atoms with Gasteiger partial charge in [0.15, 0.2) is 5.96 Å². The summed E-state index contributed by atoms with van der Waals surface area (Å²) in [6.07, 6.45) is -1.20. The van der Waals surface area contributed by atoms with Crippen LogP contribution in [0.2, 0.25) is 0 Å². The van der Waals surface area contributed by atoms with Crippen molar-refractivity contribution >= 4 is 29.7 Å². The Labute approximate surface area is 161 Å². The van der Waals surface area contributed by atoms with Crippen LogP contribution >= 0.6 is 0 Å². The van der Waals surface area contributed by atoms with Gasteiger partial charge in [-0.3, -0.25) is 19.4 Å². The molecule has 0 aliphatic carbocycles. The number of guanidine groups is 1. The number of hydrogen-bond donors (Lipinski definition) is 8. The van der Waals surface area contributed by atoms with Gasteiger partial charge in [-0.25, -0.2) is 4.79 Å². The molecule has 0 heterocycles. The highest BCUT2D eigenvalue weighted by Gasteiger charge is 2.30. The molecule has 3 amide bonds. The lowest BCUT2D eigenvalue weighted by Crippen LogP contribution is -2.58. The molecule has 0 aromatic heterocycles. The molecule has 0 radical (unpaired) electrons. The standard InChI is InChI=1S/C15H29N7O6/c1-7(23)11(22-12(25)8(16)4-5-10(17)24)13(26)21-9(14(27)28)3-2-6-20-15(18)19/h7-9,11,23H,2-6,16H2,1H3,(H2,17,24)(H,21,26)(H,22,25)(H,27,28)(H4,18,19,20)/t7-,8+,9+,11+/m1/s1. The molecule has 28 heavy (non-hydrogen) atoms. The predicted molar refractivity (Wildman–Crippen MR) is 99.5 cm³/mol. The van der Waals surface area contributed by atoms with Crippen molar-refractivity contribution in [1.82, 2.24) is 10.6 Å². The van der Waals surface area contributed by atoms with Gasteiger partial charge in [-0.2, -0.15) is 0 Å². The van der Waals surface area contributed by atoms with Crippen molar-refractivity contribution in [3.05, 3.63) is 0 Å². The van der Waals surface area contributed by atoms with Crippen LogP contribution in [-0.2, 0) is 19.2 Å². The molecule has 12 N–H and O–H groups in total. The fraction of sp³-hybridized carbons (Fsp3) is 0.667. The summed E-state index contributed by atoms with van der Waals surface area (Å²) in [5.41, 5.74) is 20.9. The first-order valence-electron chi connectivity index (χ1n) is 8.56. The van der Waals surface area contributed by atoms with Crippen molar-refractivity contribution in [2.24, 2.45) is 27.9 Å². The van der Waals surface area contributed by atoms with Crippen LogP contribution < -0.4 is 33.6 Å². The van der Waals surface area contributed by atoms with E-state index in [1.807, 2.05) is 0 Å². The summed E-state index contributed by atoms with van der Waals surface area (Å²) in [5, 5.41) is 23.5. The number of aliphatic hydroxyl groups excluding tert-OH is 1. The Kier molecular flexibility index (Phi) is 11.2. The number of aliphatic hydroxyl groups is 1. The Hall–Kier alpha value is -2.93. The maximum Gasteiger partial charge on any atom is 0.326 e. The summed E-state index contributed by atoms with van der Waals surface area (Å²) in [6.45, 7) is 1.42. The smallest absolute Gasteiger partial charge is 0.326 e. The Morgan fingerprint density at radius 1 is 1.04 bits per heavy atom. The molecule has 4 atom stereocenters. The Morgan fingerprint density at radius 3 is 2.11 bits per heavy atom. The van der Waals surface area contributed by atoms with Crippen LogP contribution in [0.1, 0.15) is 32.6 Å². The molecule has 0 spiro atoms. The number of nitrogens with two attached hydrogens (primary N) is 4. The molecule has 0 aromatic carbocycles. The van der Waals surface area contributed by atoms with Gasteiger partial charge in [0, 0.05) is 13.0 Å². The second kappa shape index (κ2) is 12.5. The zero-order chi connectivity index (χ0) is 21.9. The van der Waals surface area contributed by atoms with Crippen molar-refractivity contribution < 1.29 is 29.4 Å². The number of nitrogens with one attached hydrogen (secondary N) is 2. The number of hydrogen-bond acceptors (Lipinski definition) is 7. The molecule has 0 saturated heterocycles. The number of carbonyl (C=O) groups is 4. The number of carboxylic acids is 1. The number of primary amides is 1. The molecule has 0 fully saturated rings. The second-order valence-electron chi connectivity index (χ2n) is 6.19. The average molecular weight is 403 g/mol. The summed E-state index contributed by atoms with van der Waals surface area (Å²) in [5.74, 6) is -3.77. The highest BCUT2D eigenvalue weighted by atomic mass is 16.4. The molecule has 0 saturated carbocycles. The van der Waals surface area contributed by atoms with E-state index in [-0.39, 0.29) is 38.2 Å². The summed E-state index contributed by atoms with van der Waals surface area (Å²) >= 11 is 0. The van der Waals surface area contributed by atoms with E-state index in [1.165, 1.54) is 6.92 Å². The topological polar surface area (TPSA) is 249 Å². The first-order valence-corrected chi connectivity index (χ1v) is 8.56. The second-order valence-corrected chi connectivity index (χ2v) is 6.19. The molecule has 13 heteroatoms. The van der Waals surface area contributed by atoms with Crippen molar-refractivity contribution in [1.29, 1.82) is 0 Å². The number of carboxylic acid groups (broad SMARTS) is 1. The number of aliphatic imine (C=N–C) groups is 1. The third-order valence-corrected chi connectivity index (χ3v) is 3.66. The number of carbonyl (C=O) groups excluding carboxylic acids is 3. The van der Waals surface area contributed by atoms with Crippen LogP contribution in [-0.4, -0.2) is 70.6 Å². The first kappa shape index (κ1) is 25.1. The van der Waals surface area contributed by atoms with Crippen molar-refractivity contribution in [3.8, 4) is 0 Å². The fourth-order valence-corrected chi connectivity index (χ4v) is 2.12. The maximum atomic E-state index is 12.3. The van der Waals surface area contributed by atoms with E-state index in [9.17, 15) is 29.4 Å². The fourth-order valence-electron chi connectivity index (χ4n) is 2.12. The summed E-state index contributed by atoms with van der Waals surface area (Å²) < 4.78 is 0. The third-order valence-electron chi connectivity index (χ3n) is 3.66.